The molecule has 86 valence electrons. The number of rotatable bonds is 3. The zero-order valence-electron chi connectivity index (χ0n) is 9.20. The number of hydrogen-bond acceptors (Lipinski definition) is 5. The van der Waals surface area contributed by atoms with Crippen LogP contribution in [0.15, 0.2) is 39.7 Å². The van der Waals surface area contributed by atoms with Crippen LogP contribution in [-0.2, 0) is 6.54 Å². The summed E-state index contributed by atoms with van der Waals surface area (Å²) in [5.74, 6) is 2.47. The predicted molar refractivity (Wildman–Crippen MR) is 58.1 cm³/mol. The number of hydrogen-bond donors (Lipinski definition) is 0. The molecule has 3 heterocycles. The lowest BCUT2D eigenvalue weighted by Gasteiger charge is -1.98. The molecule has 17 heavy (non-hydrogen) atoms. The lowest BCUT2D eigenvalue weighted by Crippen LogP contribution is -2.02. The molecule has 0 fully saturated rings. The van der Waals surface area contributed by atoms with Crippen LogP contribution in [0.4, 0.5) is 0 Å². The third kappa shape index (κ3) is 1.84. The highest BCUT2D eigenvalue weighted by Gasteiger charge is 2.11. The van der Waals surface area contributed by atoms with Gasteiger partial charge in [0.1, 0.15) is 5.82 Å². The normalized spacial score (nSPS) is 10.9. The van der Waals surface area contributed by atoms with E-state index in [9.17, 15) is 0 Å². The first-order valence-electron chi connectivity index (χ1n) is 5.17. The Kier molecular flexibility index (Phi) is 2.25. The number of aryl methyl sites for hydroxylation is 1. The Morgan fingerprint density at radius 1 is 1.41 bits per heavy atom. The molecule has 0 aliphatic carbocycles. The third-order valence-corrected chi connectivity index (χ3v) is 2.44. The van der Waals surface area contributed by atoms with Crippen molar-refractivity contribution in [3.05, 3.63) is 42.4 Å². The second-order valence-corrected chi connectivity index (χ2v) is 3.60. The van der Waals surface area contributed by atoms with E-state index in [4.69, 9.17) is 8.94 Å². The summed E-state index contributed by atoms with van der Waals surface area (Å²) >= 11 is 0. The summed E-state index contributed by atoms with van der Waals surface area (Å²) in [6.45, 7) is 2.46. The largest absolute Gasteiger partial charge is 0.459 e. The molecule has 6 nitrogen and oxygen atoms in total. The summed E-state index contributed by atoms with van der Waals surface area (Å²) < 4.78 is 12.2. The van der Waals surface area contributed by atoms with Crippen LogP contribution in [0.3, 0.4) is 0 Å². The van der Waals surface area contributed by atoms with Gasteiger partial charge in [-0.3, -0.25) is 0 Å². The number of nitrogens with zero attached hydrogens (tertiary/aromatic N) is 4. The van der Waals surface area contributed by atoms with Crippen LogP contribution >= 0.6 is 0 Å². The molecule has 0 spiro atoms. The van der Waals surface area contributed by atoms with Gasteiger partial charge in [-0.2, -0.15) is 4.98 Å². The Morgan fingerprint density at radius 3 is 3.06 bits per heavy atom. The number of furan rings is 1. The zero-order valence-corrected chi connectivity index (χ0v) is 9.20. The van der Waals surface area contributed by atoms with Crippen molar-refractivity contribution in [1.82, 2.24) is 19.7 Å². The Morgan fingerprint density at radius 2 is 2.35 bits per heavy atom. The van der Waals surface area contributed by atoms with E-state index in [1.807, 2.05) is 17.7 Å². The van der Waals surface area contributed by atoms with Gasteiger partial charge >= 0.3 is 0 Å². The molecule has 0 N–H and O–H groups in total. The molecule has 0 unspecified atom stereocenters. The SMILES string of the molecule is Cc1nccn1Cc1noc(-c2ccco2)n1. The van der Waals surface area contributed by atoms with Gasteiger partial charge in [-0.15, -0.1) is 0 Å². The smallest absolute Gasteiger partial charge is 0.293 e. The predicted octanol–water partition coefficient (Wildman–Crippen LogP) is 1.88. The molecule has 0 atom stereocenters. The molecule has 0 amide bonds. The van der Waals surface area contributed by atoms with Gasteiger partial charge in [-0.25, -0.2) is 4.98 Å². The van der Waals surface area contributed by atoms with Gasteiger partial charge in [0.15, 0.2) is 11.6 Å². The van der Waals surface area contributed by atoms with Crippen molar-refractivity contribution < 1.29 is 8.94 Å². The highest BCUT2D eigenvalue weighted by molar-refractivity contribution is 5.42. The highest BCUT2D eigenvalue weighted by Crippen LogP contribution is 2.17. The summed E-state index contributed by atoms with van der Waals surface area (Å²) in [6, 6.07) is 3.55. The van der Waals surface area contributed by atoms with Crippen LogP contribution in [0.1, 0.15) is 11.6 Å². The standard InChI is InChI=1S/C11H10N4O2/c1-8-12-4-5-15(8)7-10-13-11(17-14-10)9-3-2-6-16-9/h2-6H,7H2,1H3. The van der Waals surface area contributed by atoms with Crippen LogP contribution in [-0.4, -0.2) is 19.7 Å². The van der Waals surface area contributed by atoms with Crippen LogP contribution in [0, 0.1) is 6.92 Å². The van der Waals surface area contributed by atoms with Crippen molar-refractivity contribution in [2.24, 2.45) is 0 Å². The van der Waals surface area contributed by atoms with Crippen molar-refractivity contribution in [2.75, 3.05) is 0 Å². The van der Waals surface area contributed by atoms with E-state index in [1.165, 1.54) is 0 Å². The minimum absolute atomic E-state index is 0.391. The zero-order chi connectivity index (χ0) is 11.7. The van der Waals surface area contributed by atoms with E-state index in [2.05, 4.69) is 15.1 Å². The quantitative estimate of drug-likeness (QED) is 0.687. The van der Waals surface area contributed by atoms with E-state index in [-0.39, 0.29) is 0 Å². The lowest BCUT2D eigenvalue weighted by molar-refractivity contribution is 0.407. The van der Waals surface area contributed by atoms with E-state index in [0.29, 0.717) is 24.0 Å². The first-order valence-corrected chi connectivity index (χ1v) is 5.17. The van der Waals surface area contributed by atoms with Crippen molar-refractivity contribution in [3.8, 4) is 11.7 Å². The van der Waals surface area contributed by atoms with Crippen LogP contribution in [0.2, 0.25) is 0 Å². The van der Waals surface area contributed by atoms with Crippen molar-refractivity contribution in [1.29, 1.82) is 0 Å². The van der Waals surface area contributed by atoms with Gasteiger partial charge in [0.25, 0.3) is 5.89 Å². The average Bonchev–Trinajstić information content (AvgIpc) is 3.02. The molecule has 0 aromatic carbocycles. The molecule has 0 bridgehead atoms. The summed E-state index contributed by atoms with van der Waals surface area (Å²) in [5, 5.41) is 3.89. The van der Waals surface area contributed by atoms with Crippen LogP contribution in [0.5, 0.6) is 0 Å². The summed E-state index contributed by atoms with van der Waals surface area (Å²) in [6.07, 6.45) is 5.18. The summed E-state index contributed by atoms with van der Waals surface area (Å²) in [5.41, 5.74) is 0. The molecule has 0 aliphatic heterocycles. The fourth-order valence-electron chi connectivity index (χ4n) is 1.54. The topological polar surface area (TPSA) is 69.9 Å². The molecule has 3 aromatic rings. The molecular weight excluding hydrogens is 220 g/mol. The van der Waals surface area contributed by atoms with E-state index >= 15 is 0 Å². The van der Waals surface area contributed by atoms with Crippen molar-refractivity contribution in [2.45, 2.75) is 13.5 Å². The fraction of sp³-hybridized carbons (Fsp3) is 0.182. The second-order valence-electron chi connectivity index (χ2n) is 3.60. The fourth-order valence-corrected chi connectivity index (χ4v) is 1.54. The highest BCUT2D eigenvalue weighted by atomic mass is 16.5. The number of aromatic nitrogens is 4. The minimum atomic E-state index is 0.391. The molecule has 0 aliphatic rings. The van der Waals surface area contributed by atoms with Gasteiger partial charge < -0.3 is 13.5 Å². The first-order chi connectivity index (χ1) is 8.33. The number of imidazole rings is 1. The second kappa shape index (κ2) is 3.89. The van der Waals surface area contributed by atoms with E-state index in [1.54, 1.807) is 24.6 Å². The molecule has 3 rings (SSSR count). The van der Waals surface area contributed by atoms with E-state index in [0.717, 1.165) is 5.82 Å². The summed E-state index contributed by atoms with van der Waals surface area (Å²) in [4.78, 5) is 8.38. The van der Waals surface area contributed by atoms with Gasteiger partial charge in [0.05, 0.1) is 12.8 Å². The monoisotopic (exact) mass is 230 g/mol. The van der Waals surface area contributed by atoms with E-state index < -0.39 is 0 Å². The van der Waals surface area contributed by atoms with Crippen LogP contribution in [0.25, 0.3) is 11.7 Å². The van der Waals surface area contributed by atoms with Gasteiger partial charge in [-0.05, 0) is 19.1 Å². The molecule has 0 saturated carbocycles. The molecular formula is C11H10N4O2. The Hall–Kier alpha value is -2.37. The Bertz CT molecular complexity index is 609. The Balaban J connectivity index is 1.84. The first kappa shape index (κ1) is 9.83. The third-order valence-electron chi connectivity index (χ3n) is 2.44. The molecule has 0 radical (unpaired) electrons. The molecule has 0 saturated heterocycles. The maximum absolute atomic E-state index is 5.18. The van der Waals surface area contributed by atoms with Crippen molar-refractivity contribution in [3.63, 3.8) is 0 Å². The summed E-state index contributed by atoms with van der Waals surface area (Å²) in [7, 11) is 0. The molecule has 3 aromatic heterocycles. The van der Waals surface area contributed by atoms with Gasteiger partial charge in [0, 0.05) is 12.4 Å². The average molecular weight is 230 g/mol. The maximum atomic E-state index is 5.18. The molecule has 6 heteroatoms. The lowest BCUT2D eigenvalue weighted by atomic mass is 10.4. The van der Waals surface area contributed by atoms with Crippen LogP contribution < -0.4 is 0 Å². The van der Waals surface area contributed by atoms with Gasteiger partial charge in [-0.1, -0.05) is 5.16 Å². The van der Waals surface area contributed by atoms with Crippen molar-refractivity contribution >= 4 is 0 Å². The Labute approximate surface area is 96.9 Å². The minimum Gasteiger partial charge on any atom is -0.459 e. The van der Waals surface area contributed by atoms with Gasteiger partial charge in [0.2, 0.25) is 0 Å². The maximum Gasteiger partial charge on any atom is 0.293 e.